The van der Waals surface area contributed by atoms with Gasteiger partial charge in [0, 0.05) is 25.6 Å². The molecule has 0 aromatic carbocycles. The van der Waals surface area contributed by atoms with Gasteiger partial charge in [-0.1, -0.05) is 13.8 Å². The van der Waals surface area contributed by atoms with Crippen molar-refractivity contribution in [2.75, 3.05) is 6.54 Å². The van der Waals surface area contributed by atoms with Crippen LogP contribution in [-0.4, -0.2) is 38.6 Å². The molecule has 0 aliphatic rings. The van der Waals surface area contributed by atoms with E-state index in [-0.39, 0.29) is 0 Å². The SMILES string of the molecule is CCn1ncnc1CC(O)CNC(C)C. The van der Waals surface area contributed by atoms with Gasteiger partial charge < -0.3 is 10.4 Å². The van der Waals surface area contributed by atoms with Gasteiger partial charge in [-0.2, -0.15) is 5.10 Å². The molecule has 5 nitrogen and oxygen atoms in total. The van der Waals surface area contributed by atoms with E-state index < -0.39 is 6.10 Å². The topological polar surface area (TPSA) is 63.0 Å². The monoisotopic (exact) mass is 212 g/mol. The first-order valence-corrected chi connectivity index (χ1v) is 5.41. The summed E-state index contributed by atoms with van der Waals surface area (Å²) in [5, 5.41) is 17.0. The van der Waals surface area contributed by atoms with Crippen molar-refractivity contribution in [3.05, 3.63) is 12.2 Å². The third kappa shape index (κ3) is 3.97. The first-order valence-electron chi connectivity index (χ1n) is 5.41. The van der Waals surface area contributed by atoms with Crippen molar-refractivity contribution in [1.82, 2.24) is 20.1 Å². The number of aliphatic hydroxyl groups excluding tert-OH is 1. The Labute approximate surface area is 90.5 Å². The van der Waals surface area contributed by atoms with E-state index in [9.17, 15) is 5.11 Å². The summed E-state index contributed by atoms with van der Waals surface area (Å²) in [6.07, 6.45) is 1.68. The highest BCUT2D eigenvalue weighted by Gasteiger charge is 2.10. The molecule has 0 amide bonds. The molecule has 2 N–H and O–H groups in total. The summed E-state index contributed by atoms with van der Waals surface area (Å²) >= 11 is 0. The van der Waals surface area contributed by atoms with Crippen LogP contribution in [0.2, 0.25) is 0 Å². The van der Waals surface area contributed by atoms with Crippen LogP contribution in [0, 0.1) is 0 Å². The van der Waals surface area contributed by atoms with Crippen LogP contribution in [-0.2, 0) is 13.0 Å². The van der Waals surface area contributed by atoms with E-state index in [0.29, 0.717) is 19.0 Å². The van der Waals surface area contributed by atoms with Crippen LogP contribution in [0.3, 0.4) is 0 Å². The maximum atomic E-state index is 9.75. The normalized spacial score (nSPS) is 13.4. The zero-order chi connectivity index (χ0) is 11.3. The summed E-state index contributed by atoms with van der Waals surface area (Å²) in [6, 6.07) is 0.392. The second-order valence-corrected chi connectivity index (χ2v) is 3.91. The first kappa shape index (κ1) is 12.1. The minimum atomic E-state index is -0.401. The molecule has 0 fully saturated rings. The number of aryl methyl sites for hydroxylation is 1. The van der Waals surface area contributed by atoms with Gasteiger partial charge in [0.15, 0.2) is 0 Å². The first-order chi connectivity index (χ1) is 7.13. The third-order valence-corrected chi connectivity index (χ3v) is 2.18. The van der Waals surface area contributed by atoms with Crippen molar-refractivity contribution in [2.24, 2.45) is 0 Å². The maximum absolute atomic E-state index is 9.75. The summed E-state index contributed by atoms with van der Waals surface area (Å²) in [5.74, 6) is 0.843. The van der Waals surface area contributed by atoms with Gasteiger partial charge >= 0.3 is 0 Å². The van der Waals surface area contributed by atoms with Crippen molar-refractivity contribution >= 4 is 0 Å². The standard InChI is InChI=1S/C10H20N4O/c1-4-14-10(12-7-13-14)5-9(15)6-11-8(2)3/h7-9,11,15H,4-6H2,1-3H3. The lowest BCUT2D eigenvalue weighted by molar-refractivity contribution is 0.165. The second kappa shape index (κ2) is 5.82. The number of hydrogen-bond acceptors (Lipinski definition) is 4. The highest BCUT2D eigenvalue weighted by molar-refractivity contribution is 4.87. The third-order valence-electron chi connectivity index (χ3n) is 2.18. The van der Waals surface area contributed by atoms with Crippen molar-refractivity contribution in [3.63, 3.8) is 0 Å². The molecule has 0 aliphatic heterocycles. The highest BCUT2D eigenvalue weighted by atomic mass is 16.3. The van der Waals surface area contributed by atoms with E-state index in [2.05, 4.69) is 29.2 Å². The van der Waals surface area contributed by atoms with Crippen LogP contribution in [0.1, 0.15) is 26.6 Å². The Kier molecular flexibility index (Phi) is 4.71. The molecule has 1 rings (SSSR count). The Balaban J connectivity index is 2.40. The molecule has 1 heterocycles. The van der Waals surface area contributed by atoms with E-state index >= 15 is 0 Å². The molecule has 0 spiro atoms. The largest absolute Gasteiger partial charge is 0.391 e. The van der Waals surface area contributed by atoms with E-state index in [1.807, 2.05) is 6.92 Å². The molecule has 0 saturated carbocycles. The Morgan fingerprint density at radius 3 is 2.87 bits per heavy atom. The van der Waals surface area contributed by atoms with Gasteiger partial charge in [-0.3, -0.25) is 4.68 Å². The summed E-state index contributed by atoms with van der Waals surface area (Å²) in [6.45, 7) is 7.51. The average molecular weight is 212 g/mol. The minimum Gasteiger partial charge on any atom is -0.391 e. The number of nitrogens with zero attached hydrogens (tertiary/aromatic N) is 3. The van der Waals surface area contributed by atoms with Crippen LogP contribution >= 0.6 is 0 Å². The summed E-state index contributed by atoms with van der Waals surface area (Å²) in [5.41, 5.74) is 0. The highest BCUT2D eigenvalue weighted by Crippen LogP contribution is 1.99. The van der Waals surface area contributed by atoms with E-state index in [0.717, 1.165) is 12.4 Å². The maximum Gasteiger partial charge on any atom is 0.138 e. The fraction of sp³-hybridized carbons (Fsp3) is 0.800. The molecular weight excluding hydrogens is 192 g/mol. The lowest BCUT2D eigenvalue weighted by Crippen LogP contribution is -2.33. The predicted octanol–water partition coefficient (Wildman–Crippen LogP) is 0.199. The Bertz CT molecular complexity index is 285. The van der Waals surface area contributed by atoms with Crippen molar-refractivity contribution in [1.29, 1.82) is 0 Å². The number of aromatic nitrogens is 3. The number of aliphatic hydroxyl groups is 1. The van der Waals surface area contributed by atoms with Crippen molar-refractivity contribution in [3.8, 4) is 0 Å². The molecule has 0 radical (unpaired) electrons. The van der Waals surface area contributed by atoms with Crippen LogP contribution in [0.15, 0.2) is 6.33 Å². The molecule has 1 unspecified atom stereocenters. The van der Waals surface area contributed by atoms with Gasteiger partial charge in [0.2, 0.25) is 0 Å². The Morgan fingerprint density at radius 2 is 2.27 bits per heavy atom. The van der Waals surface area contributed by atoms with Gasteiger partial charge in [0.25, 0.3) is 0 Å². The minimum absolute atomic E-state index is 0.392. The Morgan fingerprint density at radius 1 is 1.53 bits per heavy atom. The molecule has 0 saturated heterocycles. The summed E-state index contributed by atoms with van der Waals surface area (Å²) < 4.78 is 1.80. The van der Waals surface area contributed by atoms with E-state index in [1.165, 1.54) is 6.33 Å². The number of nitrogens with one attached hydrogen (secondary N) is 1. The second-order valence-electron chi connectivity index (χ2n) is 3.91. The molecule has 0 aliphatic carbocycles. The van der Waals surface area contributed by atoms with Crippen LogP contribution < -0.4 is 5.32 Å². The van der Waals surface area contributed by atoms with E-state index in [1.54, 1.807) is 4.68 Å². The summed E-state index contributed by atoms with van der Waals surface area (Å²) in [4.78, 5) is 4.12. The molecule has 1 aromatic rings. The Hall–Kier alpha value is -0.940. The molecule has 86 valence electrons. The lowest BCUT2D eigenvalue weighted by Gasteiger charge is -2.13. The molecule has 0 bridgehead atoms. The quantitative estimate of drug-likeness (QED) is 0.707. The van der Waals surface area contributed by atoms with Crippen LogP contribution in [0.4, 0.5) is 0 Å². The molecular formula is C10H20N4O. The number of hydrogen-bond donors (Lipinski definition) is 2. The molecule has 5 heteroatoms. The molecule has 1 aromatic heterocycles. The zero-order valence-corrected chi connectivity index (χ0v) is 9.64. The van der Waals surface area contributed by atoms with Gasteiger partial charge in [-0.15, -0.1) is 0 Å². The van der Waals surface area contributed by atoms with E-state index in [4.69, 9.17) is 0 Å². The van der Waals surface area contributed by atoms with Gasteiger partial charge in [0.1, 0.15) is 12.2 Å². The van der Waals surface area contributed by atoms with Crippen LogP contribution in [0.5, 0.6) is 0 Å². The number of rotatable bonds is 6. The van der Waals surface area contributed by atoms with Crippen molar-refractivity contribution in [2.45, 2.75) is 45.9 Å². The van der Waals surface area contributed by atoms with Gasteiger partial charge in [0.05, 0.1) is 6.10 Å². The molecule has 15 heavy (non-hydrogen) atoms. The fourth-order valence-corrected chi connectivity index (χ4v) is 1.36. The summed E-state index contributed by atoms with van der Waals surface area (Å²) in [7, 11) is 0. The predicted molar refractivity (Wildman–Crippen MR) is 58.5 cm³/mol. The van der Waals surface area contributed by atoms with Crippen molar-refractivity contribution < 1.29 is 5.11 Å². The van der Waals surface area contributed by atoms with Gasteiger partial charge in [-0.05, 0) is 6.92 Å². The average Bonchev–Trinajstić information content (AvgIpc) is 2.62. The lowest BCUT2D eigenvalue weighted by atomic mass is 10.2. The van der Waals surface area contributed by atoms with Gasteiger partial charge in [-0.25, -0.2) is 4.98 Å². The smallest absolute Gasteiger partial charge is 0.138 e. The molecule has 1 atom stereocenters. The van der Waals surface area contributed by atoms with Crippen LogP contribution in [0.25, 0.3) is 0 Å². The fourth-order valence-electron chi connectivity index (χ4n) is 1.36. The zero-order valence-electron chi connectivity index (χ0n) is 9.64.